The summed E-state index contributed by atoms with van der Waals surface area (Å²) >= 11 is 0. The van der Waals surface area contributed by atoms with E-state index in [9.17, 15) is 14.4 Å². The molecule has 0 radical (unpaired) electrons. The van der Waals surface area contributed by atoms with Crippen LogP contribution in [0.25, 0.3) is 22.3 Å². The molecule has 1 atom stereocenters. The van der Waals surface area contributed by atoms with Gasteiger partial charge >= 0.3 is 12.1 Å². The van der Waals surface area contributed by atoms with E-state index in [1.54, 1.807) is 29.7 Å². The van der Waals surface area contributed by atoms with Crippen molar-refractivity contribution in [3.63, 3.8) is 0 Å². The van der Waals surface area contributed by atoms with E-state index in [2.05, 4.69) is 17.4 Å². The van der Waals surface area contributed by atoms with Gasteiger partial charge in [-0.3, -0.25) is 4.79 Å². The Labute approximate surface area is 216 Å². The number of cyclic esters (lactones) is 1. The van der Waals surface area contributed by atoms with Crippen molar-refractivity contribution in [2.45, 2.75) is 32.1 Å². The van der Waals surface area contributed by atoms with Gasteiger partial charge in [0.1, 0.15) is 12.4 Å². The smallest absolute Gasteiger partial charge is 0.457 e. The lowest BCUT2D eigenvalue weighted by atomic mass is 9.85. The number of aliphatic imine (C=N–C) groups is 1. The summed E-state index contributed by atoms with van der Waals surface area (Å²) in [5.74, 6) is 1.84. The molecule has 0 bridgehead atoms. The molecule has 2 aliphatic heterocycles. The average molecular weight is 508 g/mol. The summed E-state index contributed by atoms with van der Waals surface area (Å²) in [7, 11) is 0. The van der Waals surface area contributed by atoms with E-state index in [1.165, 1.54) is 12.1 Å². The first-order valence-electron chi connectivity index (χ1n) is 12.0. The highest BCUT2D eigenvalue weighted by molar-refractivity contribution is 5.88. The van der Waals surface area contributed by atoms with Crippen molar-refractivity contribution >= 4 is 34.6 Å². The fourth-order valence-corrected chi connectivity index (χ4v) is 5.02. The maximum absolute atomic E-state index is 13.6. The number of ether oxygens (including phenoxy) is 3. The number of esters is 1. The molecule has 2 aliphatic rings. The number of benzene rings is 2. The number of carbonyl (C=O) groups excluding carboxylic acids is 2. The number of pyridine rings is 2. The van der Waals surface area contributed by atoms with E-state index in [4.69, 9.17) is 19.2 Å². The lowest BCUT2D eigenvalue weighted by Crippen LogP contribution is -2.47. The molecule has 4 aromatic rings. The number of aromatic nitrogens is 2. The van der Waals surface area contributed by atoms with Crippen molar-refractivity contribution in [3.8, 4) is 17.1 Å². The van der Waals surface area contributed by atoms with Crippen molar-refractivity contribution in [2.24, 2.45) is 4.99 Å². The second kappa shape index (κ2) is 8.83. The van der Waals surface area contributed by atoms with Gasteiger partial charge < -0.3 is 18.8 Å². The van der Waals surface area contributed by atoms with Crippen molar-refractivity contribution in [2.75, 3.05) is 0 Å². The van der Waals surface area contributed by atoms with E-state index in [1.807, 2.05) is 30.3 Å². The topological polar surface area (TPSA) is 109 Å². The van der Waals surface area contributed by atoms with Gasteiger partial charge in [0.2, 0.25) is 5.60 Å². The van der Waals surface area contributed by atoms with E-state index >= 15 is 0 Å². The van der Waals surface area contributed by atoms with Gasteiger partial charge in [-0.1, -0.05) is 25.1 Å². The first-order valence-corrected chi connectivity index (χ1v) is 12.0. The van der Waals surface area contributed by atoms with Gasteiger partial charge in [0.15, 0.2) is 0 Å². The Kier molecular flexibility index (Phi) is 5.43. The molecular weight excluding hydrogens is 486 g/mol. The molecule has 188 valence electrons. The Hall–Kier alpha value is -5.01. The zero-order valence-electron chi connectivity index (χ0n) is 20.4. The predicted molar refractivity (Wildman–Crippen MR) is 139 cm³/mol. The molecule has 1 unspecified atom stereocenters. The Balaban J connectivity index is 1.41. The van der Waals surface area contributed by atoms with Crippen LogP contribution in [-0.4, -0.2) is 27.5 Å². The lowest BCUT2D eigenvalue weighted by Gasteiger charge is -2.35. The van der Waals surface area contributed by atoms with Crippen LogP contribution in [0.2, 0.25) is 0 Å². The fraction of sp³-hybridized carbons (Fsp3) is 0.172. The van der Waals surface area contributed by atoms with Crippen LogP contribution in [0.4, 0.5) is 10.5 Å². The molecule has 38 heavy (non-hydrogen) atoms. The van der Waals surface area contributed by atoms with Gasteiger partial charge in [0.25, 0.3) is 5.56 Å². The molecule has 2 aromatic carbocycles. The summed E-state index contributed by atoms with van der Waals surface area (Å²) in [5.41, 5.74) is 1.82. The van der Waals surface area contributed by atoms with Crippen LogP contribution in [0.1, 0.15) is 30.0 Å². The second-order valence-corrected chi connectivity index (χ2v) is 8.98. The van der Waals surface area contributed by atoms with E-state index in [-0.39, 0.29) is 35.5 Å². The predicted octanol–water partition coefficient (Wildman–Crippen LogP) is 4.79. The molecule has 2 aromatic heterocycles. The Morgan fingerprint density at radius 2 is 1.97 bits per heavy atom. The summed E-state index contributed by atoms with van der Waals surface area (Å²) in [4.78, 5) is 48.3. The molecule has 6 rings (SSSR count). The highest BCUT2D eigenvalue weighted by Gasteiger charge is 2.51. The van der Waals surface area contributed by atoms with Crippen molar-refractivity contribution in [3.05, 3.63) is 94.3 Å². The molecule has 0 fully saturated rings. The quantitative estimate of drug-likeness (QED) is 0.195. The Morgan fingerprint density at radius 1 is 1.18 bits per heavy atom. The summed E-state index contributed by atoms with van der Waals surface area (Å²) in [6.45, 7) is 5.22. The van der Waals surface area contributed by atoms with Gasteiger partial charge in [-0.2, -0.15) is 0 Å². The van der Waals surface area contributed by atoms with Crippen LogP contribution in [0.15, 0.2) is 77.0 Å². The van der Waals surface area contributed by atoms with Gasteiger partial charge in [0, 0.05) is 16.5 Å². The maximum atomic E-state index is 13.6. The van der Waals surface area contributed by atoms with Crippen LogP contribution in [0.3, 0.4) is 0 Å². The molecule has 4 heterocycles. The molecule has 0 amide bonds. The van der Waals surface area contributed by atoms with Crippen LogP contribution in [0.5, 0.6) is 5.75 Å². The summed E-state index contributed by atoms with van der Waals surface area (Å²) in [6, 6.07) is 17.7. The SMILES string of the molecule is C=C=Nc1ccc(OC(=O)OC2(CC)C(=O)OCc3c2cc2n(c3=O)Cc3cc4ccccc4nc3-2)cc1. The Morgan fingerprint density at radius 3 is 2.74 bits per heavy atom. The summed E-state index contributed by atoms with van der Waals surface area (Å²) in [6.07, 6.45) is -1.08. The third-order valence-corrected chi connectivity index (χ3v) is 6.89. The van der Waals surface area contributed by atoms with Gasteiger partial charge in [-0.05, 0) is 61.3 Å². The molecule has 0 saturated carbocycles. The zero-order valence-corrected chi connectivity index (χ0v) is 20.4. The van der Waals surface area contributed by atoms with Crippen molar-refractivity contribution in [1.29, 1.82) is 0 Å². The number of hydrogen-bond acceptors (Lipinski definition) is 8. The average Bonchev–Trinajstić information content (AvgIpc) is 3.28. The van der Waals surface area contributed by atoms with Crippen LogP contribution in [0, 0.1) is 0 Å². The zero-order chi connectivity index (χ0) is 26.4. The third kappa shape index (κ3) is 3.60. The first-order chi connectivity index (χ1) is 18.4. The van der Waals surface area contributed by atoms with Crippen LogP contribution < -0.4 is 10.3 Å². The van der Waals surface area contributed by atoms with E-state index < -0.39 is 17.7 Å². The van der Waals surface area contributed by atoms with Crippen molar-refractivity contribution in [1.82, 2.24) is 9.55 Å². The normalized spacial score (nSPS) is 17.0. The number of carbonyl (C=O) groups is 2. The number of rotatable bonds is 4. The molecule has 9 heteroatoms. The highest BCUT2D eigenvalue weighted by Crippen LogP contribution is 2.41. The standard InChI is InChI=1S/C29H21N3O6/c1-3-29(38-28(35)37-20-11-9-19(10-12-20)30-4-2)22-14-24-25-18(13-17-7-5-6-8-23(17)31-25)15-32(24)26(33)21(22)16-36-27(29)34/h5-14H,2-3,15-16H2,1H3. The second-order valence-electron chi connectivity index (χ2n) is 8.98. The van der Waals surface area contributed by atoms with Gasteiger partial charge in [-0.25, -0.2) is 19.6 Å². The highest BCUT2D eigenvalue weighted by atomic mass is 16.7. The maximum Gasteiger partial charge on any atom is 0.515 e. The molecule has 0 N–H and O–H groups in total. The third-order valence-electron chi connectivity index (χ3n) is 6.89. The fourth-order valence-electron chi connectivity index (χ4n) is 5.02. The van der Waals surface area contributed by atoms with Crippen LogP contribution >= 0.6 is 0 Å². The monoisotopic (exact) mass is 507 g/mol. The molecule has 9 nitrogen and oxygen atoms in total. The molecular formula is C29H21N3O6. The van der Waals surface area contributed by atoms with Gasteiger partial charge in [0.05, 0.1) is 34.7 Å². The van der Waals surface area contributed by atoms with E-state index in [0.29, 0.717) is 23.6 Å². The number of para-hydroxylation sites is 1. The number of hydrogen-bond donors (Lipinski definition) is 0. The molecule has 0 saturated heterocycles. The largest absolute Gasteiger partial charge is 0.515 e. The van der Waals surface area contributed by atoms with Gasteiger partial charge in [-0.15, -0.1) is 0 Å². The molecule has 0 aliphatic carbocycles. The van der Waals surface area contributed by atoms with Crippen LogP contribution in [-0.2, 0) is 33.0 Å². The minimum atomic E-state index is -1.86. The van der Waals surface area contributed by atoms with Crippen molar-refractivity contribution < 1.29 is 23.8 Å². The number of fused-ring (bicyclic) bond motifs is 5. The minimum absolute atomic E-state index is 0.0296. The minimum Gasteiger partial charge on any atom is -0.457 e. The lowest BCUT2D eigenvalue weighted by molar-refractivity contribution is -0.174. The summed E-state index contributed by atoms with van der Waals surface area (Å²) < 4.78 is 18.0. The first kappa shape index (κ1) is 23.4. The Bertz CT molecular complexity index is 1750. The van der Waals surface area contributed by atoms with E-state index in [0.717, 1.165) is 16.5 Å². The molecule has 0 spiro atoms. The number of nitrogens with zero attached hydrogens (tertiary/aromatic N) is 3. The summed E-state index contributed by atoms with van der Waals surface area (Å²) in [5, 5.41) is 0.966.